The van der Waals surface area contributed by atoms with Gasteiger partial charge in [-0.1, -0.05) is 0 Å². The number of rotatable bonds is 6. The summed E-state index contributed by atoms with van der Waals surface area (Å²) in [7, 11) is 3.13. The Bertz CT molecular complexity index is 1510. The van der Waals surface area contributed by atoms with Gasteiger partial charge in [0.1, 0.15) is 22.9 Å². The number of amides is 1. The van der Waals surface area contributed by atoms with E-state index in [1.807, 2.05) is 6.07 Å². The van der Waals surface area contributed by atoms with E-state index in [1.165, 1.54) is 24.3 Å². The Morgan fingerprint density at radius 2 is 1.68 bits per heavy atom. The lowest BCUT2D eigenvalue weighted by Crippen LogP contribution is -2.10. The smallest absolute Gasteiger partial charge is 0.291 e. The standard InChI is InChI=1S/C26H19FN2O5/c1-31-23-13-19-20(14-24(23)32-2)28-10-9-22(19)33-18-7-8-21-15(11-18)12-25(34-21)26(30)29-17-5-3-16(27)4-6-17/h3-14H,1-2H3,(H,29,30). The number of hydrogen-bond donors (Lipinski definition) is 1. The number of fused-ring (bicyclic) bond motifs is 2. The van der Waals surface area contributed by atoms with Crippen LogP contribution in [0.15, 0.2) is 77.3 Å². The molecule has 0 aliphatic rings. The summed E-state index contributed by atoms with van der Waals surface area (Å²) < 4.78 is 35.6. The molecule has 1 amide bonds. The van der Waals surface area contributed by atoms with Crippen LogP contribution in [0.4, 0.5) is 10.1 Å². The summed E-state index contributed by atoms with van der Waals surface area (Å²) in [6.45, 7) is 0. The highest BCUT2D eigenvalue weighted by Gasteiger charge is 2.15. The summed E-state index contributed by atoms with van der Waals surface area (Å²) in [4.78, 5) is 16.9. The predicted molar refractivity (Wildman–Crippen MR) is 125 cm³/mol. The number of ether oxygens (including phenoxy) is 3. The van der Waals surface area contributed by atoms with Crippen LogP contribution < -0.4 is 19.5 Å². The van der Waals surface area contributed by atoms with E-state index in [9.17, 15) is 9.18 Å². The third-order valence-electron chi connectivity index (χ3n) is 5.25. The number of anilines is 1. The first-order valence-corrected chi connectivity index (χ1v) is 10.3. The number of benzene rings is 3. The molecule has 0 unspecified atom stereocenters. The van der Waals surface area contributed by atoms with E-state index in [0.29, 0.717) is 45.2 Å². The summed E-state index contributed by atoms with van der Waals surface area (Å²) in [5, 5.41) is 4.13. The largest absolute Gasteiger partial charge is 0.493 e. The molecule has 1 N–H and O–H groups in total. The minimum absolute atomic E-state index is 0.127. The molecular formula is C26H19FN2O5. The first-order chi connectivity index (χ1) is 16.5. The molecular weight excluding hydrogens is 439 g/mol. The lowest BCUT2D eigenvalue weighted by Gasteiger charge is -2.12. The maximum absolute atomic E-state index is 13.1. The van der Waals surface area contributed by atoms with Gasteiger partial charge in [0.15, 0.2) is 17.3 Å². The number of methoxy groups -OCH3 is 2. The monoisotopic (exact) mass is 458 g/mol. The quantitative estimate of drug-likeness (QED) is 0.327. The molecule has 0 radical (unpaired) electrons. The molecule has 2 heterocycles. The molecule has 2 aromatic heterocycles. The van der Waals surface area contributed by atoms with E-state index >= 15 is 0 Å². The van der Waals surface area contributed by atoms with Crippen LogP contribution in [0.1, 0.15) is 10.6 Å². The highest BCUT2D eigenvalue weighted by atomic mass is 19.1. The Hall–Kier alpha value is -4.59. The molecule has 5 rings (SSSR count). The van der Waals surface area contributed by atoms with Gasteiger partial charge in [0.2, 0.25) is 0 Å². The van der Waals surface area contributed by atoms with Crippen LogP contribution in [-0.4, -0.2) is 25.1 Å². The zero-order chi connectivity index (χ0) is 23.7. The molecule has 0 atom stereocenters. The van der Waals surface area contributed by atoms with Crippen molar-refractivity contribution in [2.45, 2.75) is 0 Å². The number of carbonyl (C=O) groups excluding carboxylic acids is 1. The molecule has 5 aromatic rings. The first kappa shape index (κ1) is 21.3. The Balaban J connectivity index is 1.42. The SMILES string of the molecule is COc1cc2nccc(Oc3ccc4oc(C(=O)Nc5ccc(F)cc5)cc4c3)c2cc1OC. The van der Waals surface area contributed by atoms with Crippen molar-refractivity contribution < 1.29 is 27.8 Å². The molecule has 0 bridgehead atoms. The molecule has 7 nitrogen and oxygen atoms in total. The first-order valence-electron chi connectivity index (χ1n) is 10.3. The van der Waals surface area contributed by atoms with Crippen molar-refractivity contribution in [2.24, 2.45) is 0 Å². The third kappa shape index (κ3) is 4.09. The van der Waals surface area contributed by atoms with Crippen LogP contribution in [0.25, 0.3) is 21.9 Å². The maximum Gasteiger partial charge on any atom is 0.291 e. The third-order valence-corrected chi connectivity index (χ3v) is 5.25. The lowest BCUT2D eigenvalue weighted by atomic mass is 10.1. The van der Waals surface area contributed by atoms with E-state index in [-0.39, 0.29) is 11.6 Å². The fourth-order valence-corrected chi connectivity index (χ4v) is 3.59. The number of halogens is 1. The van der Waals surface area contributed by atoms with E-state index < -0.39 is 5.91 Å². The van der Waals surface area contributed by atoms with Gasteiger partial charge in [-0.25, -0.2) is 4.39 Å². The number of nitrogens with zero attached hydrogens (tertiary/aromatic N) is 1. The average Bonchev–Trinajstić information content (AvgIpc) is 3.28. The molecule has 8 heteroatoms. The molecule has 0 saturated heterocycles. The van der Waals surface area contributed by atoms with Gasteiger partial charge in [0, 0.05) is 28.7 Å². The second-order valence-electron chi connectivity index (χ2n) is 7.41. The normalized spacial score (nSPS) is 10.9. The van der Waals surface area contributed by atoms with Crippen molar-refractivity contribution in [2.75, 3.05) is 19.5 Å². The van der Waals surface area contributed by atoms with E-state index in [0.717, 1.165) is 5.39 Å². The fourth-order valence-electron chi connectivity index (χ4n) is 3.59. The summed E-state index contributed by atoms with van der Waals surface area (Å²) >= 11 is 0. The van der Waals surface area contributed by atoms with Crippen LogP contribution >= 0.6 is 0 Å². The molecule has 34 heavy (non-hydrogen) atoms. The minimum Gasteiger partial charge on any atom is -0.493 e. The predicted octanol–water partition coefficient (Wildman–Crippen LogP) is 6.18. The van der Waals surface area contributed by atoms with Crippen molar-refractivity contribution >= 4 is 33.5 Å². The van der Waals surface area contributed by atoms with Gasteiger partial charge >= 0.3 is 0 Å². The number of furan rings is 1. The molecule has 0 fully saturated rings. The van der Waals surface area contributed by atoms with E-state index in [4.69, 9.17) is 18.6 Å². The lowest BCUT2D eigenvalue weighted by molar-refractivity contribution is 0.0998. The fraction of sp³-hybridized carbons (Fsp3) is 0.0769. The zero-order valence-electron chi connectivity index (χ0n) is 18.3. The summed E-state index contributed by atoms with van der Waals surface area (Å²) in [6.07, 6.45) is 1.65. The van der Waals surface area contributed by atoms with Gasteiger partial charge in [-0.05, 0) is 60.7 Å². The Labute approximate surface area is 193 Å². The average molecular weight is 458 g/mol. The second kappa shape index (κ2) is 8.74. The van der Waals surface area contributed by atoms with Gasteiger partial charge in [0.05, 0.1) is 19.7 Å². The maximum atomic E-state index is 13.1. The van der Waals surface area contributed by atoms with Crippen LogP contribution in [-0.2, 0) is 0 Å². The van der Waals surface area contributed by atoms with Crippen molar-refractivity contribution in [1.29, 1.82) is 0 Å². The van der Waals surface area contributed by atoms with Crippen molar-refractivity contribution in [3.05, 3.63) is 84.5 Å². The van der Waals surface area contributed by atoms with Crippen LogP contribution in [0.3, 0.4) is 0 Å². The molecule has 3 aromatic carbocycles. The molecule has 170 valence electrons. The number of carbonyl (C=O) groups is 1. The number of aromatic nitrogens is 1. The molecule has 0 saturated carbocycles. The second-order valence-corrected chi connectivity index (χ2v) is 7.41. The number of hydrogen-bond acceptors (Lipinski definition) is 6. The Morgan fingerprint density at radius 1 is 0.912 bits per heavy atom. The molecule has 0 aliphatic heterocycles. The summed E-state index contributed by atoms with van der Waals surface area (Å²) in [5.41, 5.74) is 1.69. The zero-order valence-corrected chi connectivity index (χ0v) is 18.3. The Kier molecular flexibility index (Phi) is 5.47. The van der Waals surface area contributed by atoms with Gasteiger partial charge in [-0.2, -0.15) is 0 Å². The van der Waals surface area contributed by atoms with Crippen molar-refractivity contribution in [1.82, 2.24) is 4.98 Å². The molecule has 0 spiro atoms. The highest BCUT2D eigenvalue weighted by molar-refractivity contribution is 6.04. The molecule has 0 aliphatic carbocycles. The highest BCUT2D eigenvalue weighted by Crippen LogP contribution is 2.37. The summed E-state index contributed by atoms with van der Waals surface area (Å²) in [6, 6.07) is 17.7. The van der Waals surface area contributed by atoms with E-state index in [1.54, 1.807) is 56.8 Å². The number of nitrogens with one attached hydrogen (secondary N) is 1. The topological polar surface area (TPSA) is 82.8 Å². The Morgan fingerprint density at radius 3 is 2.44 bits per heavy atom. The summed E-state index contributed by atoms with van der Waals surface area (Å²) in [5.74, 6) is 1.59. The van der Waals surface area contributed by atoms with Gasteiger partial charge in [-0.15, -0.1) is 0 Å². The van der Waals surface area contributed by atoms with Gasteiger partial charge < -0.3 is 23.9 Å². The van der Waals surface area contributed by atoms with Gasteiger partial charge in [-0.3, -0.25) is 9.78 Å². The van der Waals surface area contributed by atoms with Crippen LogP contribution in [0.2, 0.25) is 0 Å². The van der Waals surface area contributed by atoms with Crippen LogP contribution in [0.5, 0.6) is 23.0 Å². The van der Waals surface area contributed by atoms with Crippen molar-refractivity contribution in [3.63, 3.8) is 0 Å². The van der Waals surface area contributed by atoms with Crippen LogP contribution in [0, 0.1) is 5.82 Å². The minimum atomic E-state index is -0.438. The van der Waals surface area contributed by atoms with Gasteiger partial charge in [0.25, 0.3) is 5.91 Å². The van der Waals surface area contributed by atoms with Crippen molar-refractivity contribution in [3.8, 4) is 23.0 Å². The number of pyridine rings is 1. The van der Waals surface area contributed by atoms with E-state index in [2.05, 4.69) is 10.3 Å².